The average Bonchev–Trinajstić information content (AvgIpc) is 2.15. The fraction of sp³-hybridized carbons (Fsp3) is 0.769. The lowest BCUT2D eigenvalue weighted by Crippen LogP contribution is -2.29. The van der Waals surface area contributed by atoms with Crippen LogP contribution in [0.3, 0.4) is 0 Å². The Hall–Kier alpha value is -0.590. The minimum atomic E-state index is 0.249. The molecule has 1 nitrogen and oxygen atoms in total. The predicted octanol–water partition coefficient (Wildman–Crippen LogP) is 3.45. The molecule has 0 bridgehead atoms. The summed E-state index contributed by atoms with van der Waals surface area (Å²) in [5.74, 6) is 2.77. The average molecular weight is 194 g/mol. The maximum absolute atomic E-state index is 11.5. The summed E-state index contributed by atoms with van der Waals surface area (Å²) in [4.78, 5) is 11.5. The first-order valence-corrected chi connectivity index (χ1v) is 5.72. The fourth-order valence-corrected chi connectivity index (χ4v) is 2.84. The summed E-state index contributed by atoms with van der Waals surface area (Å²) in [6.07, 6.45) is 4.84. The third kappa shape index (κ3) is 2.46. The van der Waals surface area contributed by atoms with Crippen LogP contribution in [0.25, 0.3) is 0 Å². The van der Waals surface area contributed by atoms with E-state index in [4.69, 9.17) is 0 Å². The molecule has 3 atom stereocenters. The van der Waals surface area contributed by atoms with Crippen molar-refractivity contribution >= 4 is 5.78 Å². The smallest absolute Gasteiger partial charge is 0.158 e. The molecule has 1 heteroatoms. The monoisotopic (exact) mass is 194 g/mol. The van der Waals surface area contributed by atoms with Crippen LogP contribution in [0, 0.1) is 23.7 Å². The molecule has 1 aliphatic rings. The van der Waals surface area contributed by atoms with E-state index in [2.05, 4.69) is 27.4 Å². The number of carbonyl (C=O) groups excluding carboxylic acids is 1. The summed E-state index contributed by atoms with van der Waals surface area (Å²) in [7, 11) is 0. The molecule has 0 N–H and O–H groups in total. The third-order valence-corrected chi connectivity index (χ3v) is 3.70. The van der Waals surface area contributed by atoms with E-state index in [1.165, 1.54) is 12.5 Å². The van der Waals surface area contributed by atoms with Crippen LogP contribution in [-0.4, -0.2) is 5.78 Å². The van der Waals surface area contributed by atoms with Crippen LogP contribution < -0.4 is 0 Å². The first-order chi connectivity index (χ1) is 6.56. The number of hydrogen-bond acceptors (Lipinski definition) is 1. The Kier molecular flexibility index (Phi) is 3.91. The molecule has 0 aromatic heterocycles. The van der Waals surface area contributed by atoms with E-state index in [1.807, 2.05) is 0 Å². The van der Waals surface area contributed by atoms with E-state index >= 15 is 0 Å². The largest absolute Gasteiger partial charge is 0.295 e. The van der Waals surface area contributed by atoms with Crippen molar-refractivity contribution in [2.24, 2.45) is 23.7 Å². The van der Waals surface area contributed by atoms with Gasteiger partial charge in [-0.25, -0.2) is 0 Å². The maximum atomic E-state index is 11.5. The van der Waals surface area contributed by atoms with Crippen LogP contribution in [0.5, 0.6) is 0 Å². The lowest BCUT2D eigenvalue weighted by molar-refractivity contribution is -0.120. The van der Waals surface area contributed by atoms with Crippen molar-refractivity contribution < 1.29 is 4.79 Å². The van der Waals surface area contributed by atoms with Gasteiger partial charge >= 0.3 is 0 Å². The number of rotatable bonds is 3. The first kappa shape index (κ1) is 11.5. The van der Waals surface area contributed by atoms with Gasteiger partial charge in [-0.15, -0.1) is 0 Å². The zero-order valence-electron chi connectivity index (χ0n) is 9.62. The number of ketones is 1. The molecular weight excluding hydrogens is 172 g/mol. The first-order valence-electron chi connectivity index (χ1n) is 5.72. The molecule has 80 valence electrons. The van der Waals surface area contributed by atoms with Crippen molar-refractivity contribution in [1.82, 2.24) is 0 Å². The van der Waals surface area contributed by atoms with Gasteiger partial charge in [-0.3, -0.25) is 4.79 Å². The van der Waals surface area contributed by atoms with Gasteiger partial charge in [0.15, 0.2) is 5.78 Å². The molecule has 14 heavy (non-hydrogen) atoms. The van der Waals surface area contributed by atoms with Crippen LogP contribution in [0.2, 0.25) is 0 Å². The molecule has 0 heterocycles. The quantitative estimate of drug-likeness (QED) is 0.629. The molecule has 0 aromatic carbocycles. The molecule has 0 saturated heterocycles. The van der Waals surface area contributed by atoms with Gasteiger partial charge in [0.05, 0.1) is 0 Å². The van der Waals surface area contributed by atoms with E-state index < -0.39 is 0 Å². The summed E-state index contributed by atoms with van der Waals surface area (Å²) >= 11 is 0. The molecule has 0 radical (unpaired) electrons. The second kappa shape index (κ2) is 4.77. The maximum Gasteiger partial charge on any atom is 0.158 e. The zero-order valence-corrected chi connectivity index (χ0v) is 9.62. The van der Waals surface area contributed by atoms with Crippen LogP contribution in [0.1, 0.15) is 40.0 Å². The van der Waals surface area contributed by atoms with Gasteiger partial charge in [0.25, 0.3) is 0 Å². The highest BCUT2D eigenvalue weighted by Gasteiger charge is 2.31. The fourth-order valence-electron chi connectivity index (χ4n) is 2.84. The Labute approximate surface area is 87.6 Å². The molecule has 0 aromatic rings. The molecule has 3 unspecified atom stereocenters. The zero-order chi connectivity index (χ0) is 10.7. The van der Waals surface area contributed by atoms with Gasteiger partial charge < -0.3 is 0 Å². The van der Waals surface area contributed by atoms with Gasteiger partial charge in [-0.1, -0.05) is 27.4 Å². The normalized spacial score (nSPS) is 33.0. The minimum Gasteiger partial charge on any atom is -0.295 e. The van der Waals surface area contributed by atoms with E-state index in [0.29, 0.717) is 5.92 Å². The van der Waals surface area contributed by atoms with Gasteiger partial charge in [0.1, 0.15) is 0 Å². The van der Waals surface area contributed by atoms with Crippen LogP contribution in [0.4, 0.5) is 0 Å². The Morgan fingerprint density at radius 2 is 2.07 bits per heavy atom. The van der Waals surface area contributed by atoms with Gasteiger partial charge in [-0.2, -0.15) is 0 Å². The van der Waals surface area contributed by atoms with E-state index in [0.717, 1.165) is 24.7 Å². The van der Waals surface area contributed by atoms with Gasteiger partial charge in [0.2, 0.25) is 0 Å². The summed E-state index contributed by atoms with van der Waals surface area (Å²) < 4.78 is 0. The Bertz CT molecular complexity index is 217. The van der Waals surface area contributed by atoms with Crippen LogP contribution in [-0.2, 0) is 4.79 Å². The van der Waals surface area contributed by atoms with Crippen molar-refractivity contribution in [2.45, 2.75) is 40.0 Å². The third-order valence-electron chi connectivity index (χ3n) is 3.70. The molecule has 1 fully saturated rings. The van der Waals surface area contributed by atoms with Gasteiger partial charge in [-0.05, 0) is 43.1 Å². The molecule has 1 saturated carbocycles. The predicted molar refractivity (Wildman–Crippen MR) is 60.0 cm³/mol. The van der Waals surface area contributed by atoms with E-state index in [-0.39, 0.29) is 11.7 Å². The van der Waals surface area contributed by atoms with Crippen molar-refractivity contribution in [3.63, 3.8) is 0 Å². The Balaban J connectivity index is 2.54. The highest BCUT2D eigenvalue weighted by molar-refractivity contribution is 5.91. The van der Waals surface area contributed by atoms with Crippen LogP contribution >= 0.6 is 0 Å². The minimum absolute atomic E-state index is 0.249. The van der Waals surface area contributed by atoms with Crippen molar-refractivity contribution in [3.05, 3.63) is 12.7 Å². The lowest BCUT2D eigenvalue weighted by Gasteiger charge is -2.35. The summed E-state index contributed by atoms with van der Waals surface area (Å²) in [5, 5.41) is 0. The Morgan fingerprint density at radius 1 is 1.43 bits per heavy atom. The van der Waals surface area contributed by atoms with Crippen molar-refractivity contribution in [2.75, 3.05) is 0 Å². The standard InChI is InChI=1S/C13H22O/c1-5-13(14)11-6-7-12(9(2)3)10(4)8-11/h5,9-12H,1,6-8H2,2-4H3. The number of hydrogen-bond donors (Lipinski definition) is 0. The molecule has 0 amide bonds. The molecule has 0 aliphatic heterocycles. The topological polar surface area (TPSA) is 17.1 Å². The highest BCUT2D eigenvalue weighted by atomic mass is 16.1. The summed E-state index contributed by atoms with van der Waals surface area (Å²) in [6.45, 7) is 10.4. The van der Waals surface area contributed by atoms with E-state index in [9.17, 15) is 4.79 Å². The van der Waals surface area contributed by atoms with E-state index in [1.54, 1.807) is 0 Å². The molecule has 1 rings (SSSR count). The van der Waals surface area contributed by atoms with Crippen molar-refractivity contribution in [1.29, 1.82) is 0 Å². The SMILES string of the molecule is C=CC(=O)C1CCC(C(C)C)C(C)C1. The molecule has 0 spiro atoms. The second-order valence-corrected chi connectivity index (χ2v) is 5.00. The van der Waals surface area contributed by atoms with Gasteiger partial charge in [0, 0.05) is 5.92 Å². The molecule has 1 aliphatic carbocycles. The highest BCUT2D eigenvalue weighted by Crippen LogP contribution is 2.38. The number of allylic oxidation sites excluding steroid dienone is 1. The second-order valence-electron chi connectivity index (χ2n) is 5.00. The van der Waals surface area contributed by atoms with Crippen LogP contribution in [0.15, 0.2) is 12.7 Å². The lowest BCUT2D eigenvalue weighted by atomic mass is 9.69. The summed E-state index contributed by atoms with van der Waals surface area (Å²) in [5.41, 5.74) is 0. The Morgan fingerprint density at radius 3 is 2.50 bits per heavy atom. The molecular formula is C13H22O. The summed E-state index contributed by atoms with van der Waals surface area (Å²) in [6, 6.07) is 0. The van der Waals surface area contributed by atoms with Crippen molar-refractivity contribution in [3.8, 4) is 0 Å². The number of carbonyl (C=O) groups is 1.